The number of rotatable bonds is 1. The number of carbonyl (C=O) groups is 1. The summed E-state index contributed by atoms with van der Waals surface area (Å²) in [5.41, 5.74) is 5.59. The lowest BCUT2D eigenvalue weighted by Gasteiger charge is -2.34. The highest BCUT2D eigenvalue weighted by Gasteiger charge is 2.60. The average molecular weight is 408 g/mol. The van der Waals surface area contributed by atoms with Crippen LogP contribution in [0.4, 0.5) is 5.69 Å². The van der Waals surface area contributed by atoms with Crippen LogP contribution in [0, 0.1) is 23.7 Å². The van der Waals surface area contributed by atoms with Gasteiger partial charge in [-0.25, -0.2) is 0 Å². The molecule has 0 radical (unpaired) electrons. The van der Waals surface area contributed by atoms with Crippen LogP contribution in [0.3, 0.4) is 0 Å². The molecule has 5 rings (SSSR count). The van der Waals surface area contributed by atoms with Crippen LogP contribution >= 0.6 is 0 Å². The molecule has 31 heavy (non-hydrogen) atoms. The van der Waals surface area contributed by atoms with E-state index in [0.717, 1.165) is 0 Å². The minimum absolute atomic E-state index is 0.0136. The fourth-order valence-electron chi connectivity index (χ4n) is 4.70. The van der Waals surface area contributed by atoms with Crippen molar-refractivity contribution in [1.82, 2.24) is 4.57 Å². The van der Waals surface area contributed by atoms with Crippen LogP contribution in [0.2, 0.25) is 0 Å². The molecular formula is C24H16N4O3. The molecule has 0 saturated heterocycles. The summed E-state index contributed by atoms with van der Waals surface area (Å²) in [4.78, 5) is 29.1. The molecule has 0 bridgehead atoms. The monoisotopic (exact) mass is 408 g/mol. The first-order valence-corrected chi connectivity index (χ1v) is 9.53. The van der Waals surface area contributed by atoms with Crippen molar-refractivity contribution in [2.45, 2.75) is 5.41 Å². The van der Waals surface area contributed by atoms with E-state index in [0.29, 0.717) is 22.2 Å². The maximum atomic E-state index is 14.0. The predicted octanol–water partition coefficient (Wildman–Crippen LogP) is 1.89. The number of amides is 1. The molecule has 2 N–H and O–H groups in total. The highest BCUT2D eigenvalue weighted by Crippen LogP contribution is 2.55. The molecule has 2 aromatic carbocycles. The van der Waals surface area contributed by atoms with Crippen LogP contribution in [0.15, 0.2) is 64.8 Å². The van der Waals surface area contributed by atoms with Crippen molar-refractivity contribution in [3.8, 4) is 24.2 Å². The van der Waals surface area contributed by atoms with Crippen molar-refractivity contribution in [3.63, 3.8) is 0 Å². The van der Waals surface area contributed by atoms with E-state index in [-0.39, 0.29) is 29.3 Å². The number of hydrogen-bond acceptors (Lipinski definition) is 5. The topological polar surface area (TPSA) is 101 Å². The van der Waals surface area contributed by atoms with Crippen molar-refractivity contribution in [1.29, 1.82) is 5.26 Å². The standard InChI is InChI=1S/C24H16N4O3/c1-3-12-28-18-11-7-5-9-15(18)24(23(28)30)16(13-25)21(26)31-20-14-8-4-6-10-17(14)27(2)22(29)19(20)24/h1,4-11H,12,26H2,2H3/t24-/m1/s1. The molecule has 1 atom stereocenters. The van der Waals surface area contributed by atoms with E-state index in [2.05, 4.69) is 5.92 Å². The Kier molecular flexibility index (Phi) is 3.74. The summed E-state index contributed by atoms with van der Waals surface area (Å²) >= 11 is 0. The molecule has 3 aromatic rings. The van der Waals surface area contributed by atoms with Gasteiger partial charge in [0.2, 0.25) is 11.8 Å². The zero-order valence-corrected chi connectivity index (χ0v) is 16.5. The molecule has 1 amide bonds. The first-order valence-electron chi connectivity index (χ1n) is 9.53. The largest absolute Gasteiger partial charge is 0.439 e. The van der Waals surface area contributed by atoms with Gasteiger partial charge in [-0.2, -0.15) is 5.26 Å². The summed E-state index contributed by atoms with van der Waals surface area (Å²) in [6, 6.07) is 16.2. The number of pyridine rings is 1. The third-order valence-electron chi connectivity index (χ3n) is 5.99. The number of nitriles is 1. The van der Waals surface area contributed by atoms with E-state index in [1.165, 1.54) is 9.47 Å². The van der Waals surface area contributed by atoms with Gasteiger partial charge < -0.3 is 15.0 Å². The molecule has 1 spiro atoms. The summed E-state index contributed by atoms with van der Waals surface area (Å²) in [6.07, 6.45) is 5.53. The number of terminal acetylenes is 1. The fraction of sp³-hybridized carbons (Fsp3) is 0.125. The van der Waals surface area contributed by atoms with Gasteiger partial charge in [0.25, 0.3) is 5.56 Å². The van der Waals surface area contributed by atoms with E-state index < -0.39 is 16.9 Å². The number of anilines is 1. The molecule has 7 heteroatoms. The summed E-state index contributed by atoms with van der Waals surface area (Å²) in [5, 5.41) is 10.7. The van der Waals surface area contributed by atoms with Crippen LogP contribution in [0.1, 0.15) is 11.1 Å². The van der Waals surface area contributed by atoms with Gasteiger partial charge in [0.05, 0.1) is 17.6 Å². The summed E-state index contributed by atoms with van der Waals surface area (Å²) in [6.45, 7) is -0.0136. The van der Waals surface area contributed by atoms with Gasteiger partial charge >= 0.3 is 0 Å². The number of para-hydroxylation sites is 2. The zero-order valence-electron chi connectivity index (χ0n) is 16.5. The lowest BCUT2D eigenvalue weighted by atomic mass is 9.69. The molecule has 0 fully saturated rings. The van der Waals surface area contributed by atoms with Crippen molar-refractivity contribution in [2.24, 2.45) is 12.8 Å². The van der Waals surface area contributed by atoms with Gasteiger partial charge in [-0.05, 0) is 18.2 Å². The van der Waals surface area contributed by atoms with Gasteiger partial charge in [-0.15, -0.1) is 6.42 Å². The maximum absolute atomic E-state index is 14.0. The summed E-state index contributed by atoms with van der Waals surface area (Å²) < 4.78 is 7.29. The molecule has 0 aliphatic carbocycles. The second-order valence-electron chi connectivity index (χ2n) is 7.40. The Bertz CT molecular complexity index is 1490. The van der Waals surface area contributed by atoms with E-state index in [1.807, 2.05) is 6.07 Å². The van der Waals surface area contributed by atoms with E-state index in [4.69, 9.17) is 16.9 Å². The van der Waals surface area contributed by atoms with Crippen LogP contribution in [0.5, 0.6) is 5.75 Å². The van der Waals surface area contributed by atoms with Crippen molar-refractivity contribution < 1.29 is 9.53 Å². The number of nitrogens with two attached hydrogens (primary N) is 1. The third-order valence-corrected chi connectivity index (χ3v) is 5.99. The Morgan fingerprint density at radius 2 is 1.87 bits per heavy atom. The Labute approximate surface area is 177 Å². The van der Waals surface area contributed by atoms with Crippen LogP contribution in [0.25, 0.3) is 10.9 Å². The molecule has 2 aliphatic heterocycles. The maximum Gasteiger partial charge on any atom is 0.259 e. The first-order chi connectivity index (χ1) is 15.0. The van der Waals surface area contributed by atoms with Crippen LogP contribution in [-0.4, -0.2) is 17.0 Å². The van der Waals surface area contributed by atoms with Gasteiger partial charge in [0.15, 0.2) is 5.41 Å². The summed E-state index contributed by atoms with van der Waals surface area (Å²) in [5.74, 6) is 1.96. The number of benzene rings is 2. The Morgan fingerprint density at radius 3 is 2.61 bits per heavy atom. The number of fused-ring (bicyclic) bond motifs is 6. The highest BCUT2D eigenvalue weighted by molar-refractivity contribution is 6.15. The Balaban J connectivity index is 2.03. The average Bonchev–Trinajstić information content (AvgIpc) is 3.01. The van der Waals surface area contributed by atoms with Crippen molar-refractivity contribution in [2.75, 3.05) is 11.4 Å². The lowest BCUT2D eigenvalue weighted by Crippen LogP contribution is -2.49. The number of aryl methyl sites for hydroxylation is 1. The van der Waals surface area contributed by atoms with Gasteiger partial charge in [-0.3, -0.25) is 14.5 Å². The molecule has 0 unspecified atom stereocenters. The molecule has 150 valence electrons. The number of ether oxygens (including phenoxy) is 1. The molecule has 7 nitrogen and oxygen atoms in total. The number of carbonyl (C=O) groups excluding carboxylic acids is 1. The Hall–Kier alpha value is -4.49. The van der Waals surface area contributed by atoms with Gasteiger partial charge in [-0.1, -0.05) is 36.3 Å². The minimum atomic E-state index is -1.74. The third kappa shape index (κ3) is 2.07. The van der Waals surface area contributed by atoms with Gasteiger partial charge in [0.1, 0.15) is 17.4 Å². The molecule has 2 aliphatic rings. The second-order valence-corrected chi connectivity index (χ2v) is 7.40. The van der Waals surface area contributed by atoms with Gasteiger partial charge in [0, 0.05) is 23.7 Å². The quantitative estimate of drug-likeness (QED) is 0.620. The van der Waals surface area contributed by atoms with E-state index >= 15 is 0 Å². The first kappa shape index (κ1) is 18.5. The lowest BCUT2D eigenvalue weighted by molar-refractivity contribution is -0.120. The summed E-state index contributed by atoms with van der Waals surface area (Å²) in [7, 11) is 1.62. The van der Waals surface area contributed by atoms with E-state index in [9.17, 15) is 14.9 Å². The predicted molar refractivity (Wildman–Crippen MR) is 115 cm³/mol. The molecule has 0 saturated carbocycles. The van der Waals surface area contributed by atoms with Crippen LogP contribution in [-0.2, 0) is 17.3 Å². The normalized spacial score (nSPS) is 19.1. The number of aromatic nitrogens is 1. The smallest absolute Gasteiger partial charge is 0.259 e. The molecule has 3 heterocycles. The zero-order chi connectivity index (χ0) is 21.9. The Morgan fingerprint density at radius 1 is 1.16 bits per heavy atom. The van der Waals surface area contributed by atoms with Crippen molar-refractivity contribution >= 4 is 22.5 Å². The second kappa shape index (κ2) is 6.25. The van der Waals surface area contributed by atoms with E-state index in [1.54, 1.807) is 55.6 Å². The number of hydrogen-bond donors (Lipinski definition) is 1. The minimum Gasteiger partial charge on any atom is -0.439 e. The van der Waals surface area contributed by atoms with Crippen LogP contribution < -0.4 is 20.9 Å². The molecular weight excluding hydrogens is 392 g/mol. The van der Waals surface area contributed by atoms with Crippen molar-refractivity contribution in [3.05, 3.63) is 81.5 Å². The number of nitrogens with zero attached hydrogens (tertiary/aromatic N) is 3. The molecule has 1 aromatic heterocycles. The SMILES string of the molecule is C#CCN1C(=O)[C@@]2(C(C#N)=C(N)Oc3c2c(=O)n(C)c2ccccc32)c2ccccc21. The highest BCUT2D eigenvalue weighted by atomic mass is 16.5. The fourth-order valence-corrected chi connectivity index (χ4v) is 4.70.